The molecule has 0 aliphatic heterocycles. The van der Waals surface area contributed by atoms with E-state index in [-0.39, 0.29) is 6.61 Å². The van der Waals surface area contributed by atoms with E-state index in [1.54, 1.807) is 0 Å². The SMILES string of the molecule is CC(C)([CH]OC(F)(F)F)C(F)F. The van der Waals surface area contributed by atoms with Gasteiger partial charge in [-0.15, -0.1) is 13.2 Å². The van der Waals surface area contributed by atoms with Gasteiger partial charge in [-0.25, -0.2) is 8.78 Å². The van der Waals surface area contributed by atoms with Crippen molar-refractivity contribution in [2.24, 2.45) is 5.41 Å². The molecule has 0 aromatic heterocycles. The van der Waals surface area contributed by atoms with E-state index in [2.05, 4.69) is 4.74 Å². The van der Waals surface area contributed by atoms with Crippen LogP contribution in [0.5, 0.6) is 0 Å². The van der Waals surface area contributed by atoms with E-state index in [1.807, 2.05) is 0 Å². The number of rotatable bonds is 3. The predicted octanol–water partition coefficient (Wildman–Crippen LogP) is 2.98. The smallest absolute Gasteiger partial charge is 0.285 e. The largest absolute Gasteiger partial charge is 0.522 e. The third kappa shape index (κ3) is 4.48. The van der Waals surface area contributed by atoms with Crippen molar-refractivity contribution in [3.63, 3.8) is 0 Å². The molecule has 0 N–H and O–H groups in total. The average molecular weight is 191 g/mol. The first-order valence-electron chi connectivity index (χ1n) is 3.02. The van der Waals surface area contributed by atoms with Crippen LogP contribution >= 0.6 is 0 Å². The Morgan fingerprint density at radius 3 is 1.83 bits per heavy atom. The van der Waals surface area contributed by atoms with Gasteiger partial charge in [0.05, 0.1) is 5.41 Å². The molecule has 0 fully saturated rings. The Morgan fingerprint density at radius 1 is 1.17 bits per heavy atom. The maximum atomic E-state index is 11.9. The summed E-state index contributed by atoms with van der Waals surface area (Å²) in [6.07, 6.45) is -7.79. The molecule has 0 aliphatic carbocycles. The number of hydrogen-bond acceptors (Lipinski definition) is 1. The molecule has 0 spiro atoms. The summed E-state index contributed by atoms with van der Waals surface area (Å²) in [5.41, 5.74) is -1.89. The van der Waals surface area contributed by atoms with Crippen molar-refractivity contribution < 1.29 is 26.7 Å². The highest BCUT2D eigenvalue weighted by atomic mass is 19.4. The molecule has 0 aromatic rings. The van der Waals surface area contributed by atoms with E-state index in [1.165, 1.54) is 0 Å². The van der Waals surface area contributed by atoms with Gasteiger partial charge in [0.2, 0.25) is 6.43 Å². The molecular formula is C6H8F5O. The van der Waals surface area contributed by atoms with Crippen LogP contribution in [-0.2, 0) is 4.74 Å². The molecule has 0 aromatic carbocycles. The zero-order valence-electron chi connectivity index (χ0n) is 6.45. The Hall–Kier alpha value is -0.390. The highest BCUT2D eigenvalue weighted by molar-refractivity contribution is 4.80. The van der Waals surface area contributed by atoms with Crippen LogP contribution in [0.4, 0.5) is 22.0 Å². The van der Waals surface area contributed by atoms with E-state index >= 15 is 0 Å². The Morgan fingerprint density at radius 2 is 1.58 bits per heavy atom. The normalized spacial score (nSPS) is 14.0. The van der Waals surface area contributed by atoms with Crippen LogP contribution in [0.25, 0.3) is 0 Å². The van der Waals surface area contributed by atoms with Crippen molar-refractivity contribution in [2.75, 3.05) is 0 Å². The minimum absolute atomic E-state index is 0.0949. The van der Waals surface area contributed by atoms with E-state index in [4.69, 9.17) is 0 Å². The summed E-state index contributed by atoms with van der Waals surface area (Å²) in [5.74, 6) is 0. The van der Waals surface area contributed by atoms with E-state index in [0.717, 1.165) is 13.8 Å². The Labute approximate surface area is 66.5 Å². The third-order valence-electron chi connectivity index (χ3n) is 1.06. The average Bonchev–Trinajstić information content (AvgIpc) is 1.82. The first-order chi connectivity index (χ1) is 5.15. The molecule has 0 rings (SSSR count). The van der Waals surface area contributed by atoms with Crippen LogP contribution in [0, 0.1) is 12.0 Å². The van der Waals surface area contributed by atoms with Gasteiger partial charge in [0.25, 0.3) is 0 Å². The molecular weight excluding hydrogens is 183 g/mol. The maximum absolute atomic E-state index is 11.9. The van der Waals surface area contributed by atoms with Crippen molar-refractivity contribution in [3.05, 3.63) is 6.61 Å². The van der Waals surface area contributed by atoms with E-state index in [9.17, 15) is 22.0 Å². The van der Waals surface area contributed by atoms with Gasteiger partial charge in [-0.05, 0) is 0 Å². The van der Waals surface area contributed by atoms with Crippen molar-refractivity contribution in [1.82, 2.24) is 0 Å². The number of ether oxygens (including phenoxy) is 1. The van der Waals surface area contributed by atoms with Crippen LogP contribution in [0.2, 0.25) is 0 Å². The lowest BCUT2D eigenvalue weighted by molar-refractivity contribution is -0.317. The van der Waals surface area contributed by atoms with Crippen LogP contribution < -0.4 is 0 Å². The topological polar surface area (TPSA) is 9.23 Å². The molecule has 0 atom stereocenters. The molecule has 1 nitrogen and oxygen atoms in total. The fraction of sp³-hybridized carbons (Fsp3) is 0.833. The zero-order valence-corrected chi connectivity index (χ0v) is 6.45. The van der Waals surface area contributed by atoms with Crippen molar-refractivity contribution >= 4 is 0 Å². The first-order valence-corrected chi connectivity index (χ1v) is 3.02. The zero-order chi connectivity index (χ0) is 9.99. The summed E-state index contributed by atoms with van der Waals surface area (Å²) in [6.45, 7) is 1.99. The summed E-state index contributed by atoms with van der Waals surface area (Å²) in [4.78, 5) is 0. The summed E-state index contributed by atoms with van der Waals surface area (Å²) >= 11 is 0. The highest BCUT2D eigenvalue weighted by Gasteiger charge is 2.37. The molecule has 0 saturated heterocycles. The molecule has 73 valence electrons. The second-order valence-corrected chi connectivity index (χ2v) is 2.80. The van der Waals surface area contributed by atoms with Gasteiger partial charge in [-0.1, -0.05) is 13.8 Å². The number of alkyl halides is 5. The molecule has 0 amide bonds. The van der Waals surface area contributed by atoms with Gasteiger partial charge < -0.3 is 0 Å². The fourth-order valence-electron chi connectivity index (χ4n) is 0.270. The summed E-state index contributed by atoms with van der Waals surface area (Å²) in [5, 5.41) is 0. The number of hydrogen-bond donors (Lipinski definition) is 0. The van der Waals surface area contributed by atoms with E-state index in [0.29, 0.717) is 0 Å². The number of halogens is 5. The first kappa shape index (κ1) is 11.6. The molecule has 0 unspecified atom stereocenters. The van der Waals surface area contributed by atoms with Gasteiger partial charge in [0.1, 0.15) is 6.61 Å². The van der Waals surface area contributed by atoms with Crippen LogP contribution in [-0.4, -0.2) is 12.8 Å². The molecule has 12 heavy (non-hydrogen) atoms. The lowest BCUT2D eigenvalue weighted by atomic mass is 9.96. The van der Waals surface area contributed by atoms with Gasteiger partial charge >= 0.3 is 6.36 Å². The fourth-order valence-corrected chi connectivity index (χ4v) is 0.270. The van der Waals surface area contributed by atoms with Crippen LogP contribution in [0.1, 0.15) is 13.8 Å². The highest BCUT2D eigenvalue weighted by Crippen LogP contribution is 2.31. The lowest BCUT2D eigenvalue weighted by Crippen LogP contribution is -2.27. The predicted molar refractivity (Wildman–Crippen MR) is 31.2 cm³/mol. The minimum Gasteiger partial charge on any atom is -0.285 e. The van der Waals surface area contributed by atoms with Gasteiger partial charge in [-0.3, -0.25) is 4.74 Å². The Kier molecular flexibility index (Phi) is 3.44. The quantitative estimate of drug-likeness (QED) is 0.623. The van der Waals surface area contributed by atoms with Gasteiger partial charge in [0.15, 0.2) is 0 Å². The molecule has 0 saturated carbocycles. The monoisotopic (exact) mass is 191 g/mol. The van der Waals surface area contributed by atoms with Crippen molar-refractivity contribution in [3.8, 4) is 0 Å². The minimum atomic E-state index is -4.90. The molecule has 0 heterocycles. The molecule has 6 heteroatoms. The maximum Gasteiger partial charge on any atom is 0.522 e. The second-order valence-electron chi connectivity index (χ2n) is 2.80. The van der Waals surface area contributed by atoms with Gasteiger partial charge in [0, 0.05) is 0 Å². The summed E-state index contributed by atoms with van der Waals surface area (Å²) in [7, 11) is 0. The van der Waals surface area contributed by atoms with Crippen molar-refractivity contribution in [2.45, 2.75) is 26.6 Å². The van der Waals surface area contributed by atoms with Gasteiger partial charge in [-0.2, -0.15) is 0 Å². The molecule has 1 radical (unpaired) electrons. The lowest BCUT2D eigenvalue weighted by Gasteiger charge is -2.22. The van der Waals surface area contributed by atoms with E-state index < -0.39 is 18.2 Å². The molecule has 0 aliphatic rings. The summed E-state index contributed by atoms with van der Waals surface area (Å²) < 4.78 is 61.0. The summed E-state index contributed by atoms with van der Waals surface area (Å²) in [6, 6.07) is 0. The Bertz CT molecular complexity index is 139. The molecule has 0 bridgehead atoms. The van der Waals surface area contributed by atoms with Crippen LogP contribution in [0.15, 0.2) is 0 Å². The standard InChI is InChI=1S/C6H8F5O/c1-5(2,4(7)8)3-12-6(9,10)11/h3-4H,1-2H3. The Balaban J connectivity index is 3.93. The van der Waals surface area contributed by atoms with Crippen molar-refractivity contribution in [1.29, 1.82) is 0 Å². The van der Waals surface area contributed by atoms with Crippen LogP contribution in [0.3, 0.4) is 0 Å². The second kappa shape index (κ2) is 3.55. The third-order valence-corrected chi connectivity index (χ3v) is 1.06.